The second-order valence-corrected chi connectivity index (χ2v) is 10.1. The zero-order valence-electron chi connectivity index (χ0n) is 21.5. The molecule has 4 aromatic carbocycles. The topological polar surface area (TPSA) is 50.2 Å². The second-order valence-electron chi connectivity index (χ2n) is 10.1. The van der Waals surface area contributed by atoms with Crippen molar-refractivity contribution in [3.8, 4) is 11.4 Å². The van der Waals surface area contributed by atoms with E-state index >= 15 is 0 Å². The lowest BCUT2D eigenvalue weighted by Crippen LogP contribution is -2.44. The molecule has 0 unspecified atom stereocenters. The van der Waals surface area contributed by atoms with Gasteiger partial charge in [0.1, 0.15) is 5.82 Å². The van der Waals surface area contributed by atoms with E-state index in [0.29, 0.717) is 5.56 Å². The molecule has 0 radical (unpaired) electrons. The largest absolute Gasteiger partial charge is 0.349 e. The number of fused-ring (bicyclic) bond motifs is 1. The number of benzene rings is 4. The highest BCUT2D eigenvalue weighted by molar-refractivity contribution is 5.95. The number of hydrogen-bond acceptors (Lipinski definition) is 3. The van der Waals surface area contributed by atoms with Crippen LogP contribution in [0.2, 0.25) is 0 Å². The van der Waals surface area contributed by atoms with Gasteiger partial charge in [0, 0.05) is 43.3 Å². The number of hydrogen-bond donors (Lipinski definition) is 1. The summed E-state index contributed by atoms with van der Waals surface area (Å²) in [6, 6.07) is 37.3. The molecule has 0 aliphatic carbocycles. The molecule has 190 valence electrons. The highest BCUT2D eigenvalue weighted by Gasteiger charge is 2.21. The summed E-state index contributed by atoms with van der Waals surface area (Å²) >= 11 is 0. The first-order valence-electron chi connectivity index (χ1n) is 13.4. The quantitative estimate of drug-likeness (QED) is 0.292. The highest BCUT2D eigenvalue weighted by atomic mass is 16.1. The molecule has 5 aromatic rings. The minimum atomic E-state index is -0.00384. The van der Waals surface area contributed by atoms with E-state index in [9.17, 15) is 4.79 Å². The van der Waals surface area contributed by atoms with E-state index in [4.69, 9.17) is 4.98 Å². The molecule has 1 aliphatic rings. The molecule has 38 heavy (non-hydrogen) atoms. The Kier molecular flexibility index (Phi) is 7.01. The normalized spacial score (nSPS) is 14.5. The summed E-state index contributed by atoms with van der Waals surface area (Å²) in [7, 11) is 0. The van der Waals surface area contributed by atoms with Gasteiger partial charge in [0.2, 0.25) is 0 Å². The van der Waals surface area contributed by atoms with Crippen LogP contribution in [0.5, 0.6) is 0 Å². The molecule has 5 heteroatoms. The number of imidazole rings is 1. The highest BCUT2D eigenvalue weighted by Crippen LogP contribution is 2.26. The van der Waals surface area contributed by atoms with Crippen molar-refractivity contribution in [3.05, 3.63) is 126 Å². The van der Waals surface area contributed by atoms with E-state index in [1.54, 1.807) is 0 Å². The number of amides is 1. The number of nitrogens with one attached hydrogen (secondary N) is 1. The van der Waals surface area contributed by atoms with Crippen molar-refractivity contribution >= 4 is 16.9 Å². The lowest BCUT2D eigenvalue weighted by atomic mass is 10.0. The van der Waals surface area contributed by atoms with Gasteiger partial charge in [-0.15, -0.1) is 0 Å². The van der Waals surface area contributed by atoms with E-state index in [2.05, 4.69) is 81.5 Å². The van der Waals surface area contributed by atoms with E-state index in [0.717, 1.165) is 61.4 Å². The van der Waals surface area contributed by atoms with Crippen LogP contribution < -0.4 is 5.32 Å². The lowest BCUT2D eigenvalue weighted by Gasteiger charge is -2.32. The Morgan fingerprint density at radius 3 is 2.03 bits per heavy atom. The molecule has 1 saturated heterocycles. The average molecular weight is 501 g/mol. The Balaban J connectivity index is 1.13. The van der Waals surface area contributed by atoms with Crippen LogP contribution in [0, 0.1) is 0 Å². The number of rotatable bonds is 7. The summed E-state index contributed by atoms with van der Waals surface area (Å²) in [5.74, 6) is 0.906. The monoisotopic (exact) mass is 500 g/mol. The van der Waals surface area contributed by atoms with Crippen molar-refractivity contribution in [1.82, 2.24) is 19.8 Å². The molecular formula is C33H32N4O. The van der Waals surface area contributed by atoms with Crippen molar-refractivity contribution in [2.75, 3.05) is 13.1 Å². The number of aromatic nitrogens is 2. The Morgan fingerprint density at radius 1 is 0.737 bits per heavy atom. The minimum Gasteiger partial charge on any atom is -0.349 e. The predicted molar refractivity (Wildman–Crippen MR) is 153 cm³/mol. The van der Waals surface area contributed by atoms with Crippen molar-refractivity contribution < 1.29 is 4.79 Å². The van der Waals surface area contributed by atoms with E-state index in [-0.39, 0.29) is 11.9 Å². The summed E-state index contributed by atoms with van der Waals surface area (Å²) in [4.78, 5) is 20.4. The molecule has 1 fully saturated rings. The van der Waals surface area contributed by atoms with Gasteiger partial charge in [0.15, 0.2) is 0 Å². The van der Waals surface area contributed by atoms with Crippen LogP contribution in [0.1, 0.15) is 34.3 Å². The van der Waals surface area contributed by atoms with Gasteiger partial charge < -0.3 is 9.88 Å². The van der Waals surface area contributed by atoms with Crippen LogP contribution >= 0.6 is 0 Å². The number of nitrogens with zero attached hydrogens (tertiary/aromatic N) is 3. The maximum Gasteiger partial charge on any atom is 0.251 e. The third kappa shape index (κ3) is 5.38. The first-order chi connectivity index (χ1) is 18.7. The summed E-state index contributed by atoms with van der Waals surface area (Å²) in [6.07, 6.45) is 1.94. The number of carbonyl (C=O) groups is 1. The fraction of sp³-hybridized carbons (Fsp3) is 0.212. The predicted octanol–water partition coefficient (Wildman–Crippen LogP) is 6.15. The molecule has 0 bridgehead atoms. The maximum atomic E-state index is 13.0. The van der Waals surface area contributed by atoms with Crippen LogP contribution in [0.4, 0.5) is 0 Å². The molecular weight excluding hydrogens is 468 g/mol. The zero-order chi connectivity index (χ0) is 25.7. The third-order valence-corrected chi connectivity index (χ3v) is 7.42. The van der Waals surface area contributed by atoms with Gasteiger partial charge in [-0.3, -0.25) is 9.69 Å². The summed E-state index contributed by atoms with van der Waals surface area (Å²) in [5, 5.41) is 3.26. The third-order valence-electron chi connectivity index (χ3n) is 7.42. The molecule has 0 saturated carbocycles. The molecule has 0 spiro atoms. The van der Waals surface area contributed by atoms with Gasteiger partial charge in [-0.1, -0.05) is 84.9 Å². The molecule has 2 heterocycles. The molecule has 1 aromatic heterocycles. The van der Waals surface area contributed by atoms with E-state index in [1.807, 2.05) is 42.5 Å². The van der Waals surface area contributed by atoms with Gasteiger partial charge in [0.05, 0.1) is 11.0 Å². The molecule has 5 nitrogen and oxygen atoms in total. The van der Waals surface area contributed by atoms with Crippen LogP contribution in [0.15, 0.2) is 109 Å². The van der Waals surface area contributed by atoms with Crippen molar-refractivity contribution in [2.24, 2.45) is 0 Å². The molecule has 0 atom stereocenters. The fourth-order valence-electron chi connectivity index (χ4n) is 5.34. The number of piperidine rings is 1. The van der Waals surface area contributed by atoms with Crippen molar-refractivity contribution in [1.29, 1.82) is 0 Å². The first-order valence-corrected chi connectivity index (χ1v) is 13.4. The van der Waals surface area contributed by atoms with Gasteiger partial charge in [-0.25, -0.2) is 4.98 Å². The van der Waals surface area contributed by atoms with Crippen LogP contribution in [-0.2, 0) is 13.1 Å². The molecule has 1 aliphatic heterocycles. The van der Waals surface area contributed by atoms with Gasteiger partial charge in [-0.2, -0.15) is 0 Å². The Morgan fingerprint density at radius 2 is 1.34 bits per heavy atom. The lowest BCUT2D eigenvalue weighted by molar-refractivity contribution is 0.0909. The standard InChI is InChI=1S/C33H32N4O/c38-33(34-29-19-21-36(22-20-29)23-25-9-3-1-4-10-25)28-17-15-27(16-18-28)32-35-30-13-7-8-14-31(30)37(32)24-26-11-5-2-6-12-26/h1-18,29H,19-24H2,(H,34,38). The van der Waals surface area contributed by atoms with Crippen molar-refractivity contribution in [3.63, 3.8) is 0 Å². The SMILES string of the molecule is O=C(NC1CCN(Cc2ccccc2)CC1)c1ccc(-c2nc3ccccc3n2Cc2ccccc2)cc1. The minimum absolute atomic E-state index is 0.00384. The van der Waals surface area contributed by atoms with Gasteiger partial charge in [0.25, 0.3) is 5.91 Å². The summed E-state index contributed by atoms with van der Waals surface area (Å²) in [6.45, 7) is 3.70. The number of para-hydroxylation sites is 2. The van der Waals surface area contributed by atoms with E-state index in [1.165, 1.54) is 11.1 Å². The Hall–Kier alpha value is -4.22. The fourth-order valence-corrected chi connectivity index (χ4v) is 5.34. The molecule has 1 N–H and O–H groups in total. The van der Waals surface area contributed by atoms with Crippen LogP contribution in [0.25, 0.3) is 22.4 Å². The second kappa shape index (κ2) is 11.0. The average Bonchev–Trinajstić information content (AvgIpc) is 3.33. The van der Waals surface area contributed by atoms with Gasteiger partial charge >= 0.3 is 0 Å². The molecule has 6 rings (SSSR count). The summed E-state index contributed by atoms with van der Waals surface area (Å²) < 4.78 is 2.25. The van der Waals surface area contributed by atoms with Crippen molar-refractivity contribution in [2.45, 2.75) is 32.0 Å². The van der Waals surface area contributed by atoms with Gasteiger partial charge in [-0.05, 0) is 48.2 Å². The van der Waals surface area contributed by atoms with E-state index < -0.39 is 0 Å². The number of likely N-dealkylation sites (tertiary alicyclic amines) is 1. The molecule has 1 amide bonds. The smallest absolute Gasteiger partial charge is 0.251 e. The Labute approximate surface area is 223 Å². The van der Waals surface area contributed by atoms with Crippen LogP contribution in [-0.4, -0.2) is 39.5 Å². The first kappa shape index (κ1) is 24.1. The number of carbonyl (C=O) groups excluding carboxylic acids is 1. The van der Waals surface area contributed by atoms with Crippen LogP contribution in [0.3, 0.4) is 0 Å². The summed E-state index contributed by atoms with van der Waals surface area (Å²) in [5.41, 5.74) is 6.33. The maximum absolute atomic E-state index is 13.0. The Bertz CT molecular complexity index is 1500. The zero-order valence-corrected chi connectivity index (χ0v) is 21.5.